The van der Waals surface area contributed by atoms with Gasteiger partial charge in [0.1, 0.15) is 0 Å². The molecular weight excluding hydrogens is 196 g/mol. The number of H-pyrrole nitrogens is 1. The van der Waals surface area contributed by atoms with Crippen molar-refractivity contribution in [2.24, 2.45) is 0 Å². The smallest absolute Gasteiger partial charge is 0.0995 e. The zero-order valence-corrected chi connectivity index (χ0v) is 10.1. The number of nitrogens with one attached hydrogen (secondary N) is 1. The molecule has 0 radical (unpaired) electrons. The van der Waals surface area contributed by atoms with Gasteiger partial charge < -0.3 is 0 Å². The largest absolute Gasteiger partial charge is 0.277 e. The first-order valence-electron chi connectivity index (χ1n) is 5.59. The standard InChI is InChI=1S/C12H12N2.C2H6/c1-3-9(4-2)12-10-7-5-6-8-11(10)13-14-12;1-2/h3-8H,1H2,2H3,(H,13,14);1-2H3/b9-4+;. The molecule has 0 bridgehead atoms. The highest BCUT2D eigenvalue weighted by Gasteiger charge is 2.05. The van der Waals surface area contributed by atoms with Crippen molar-refractivity contribution in [2.75, 3.05) is 0 Å². The summed E-state index contributed by atoms with van der Waals surface area (Å²) in [6.07, 6.45) is 3.83. The van der Waals surface area contributed by atoms with Gasteiger partial charge in [-0.05, 0) is 18.6 Å². The molecule has 0 saturated heterocycles. The van der Waals surface area contributed by atoms with Crippen molar-refractivity contribution in [3.8, 4) is 0 Å². The summed E-state index contributed by atoms with van der Waals surface area (Å²) in [5, 5.41) is 8.41. The molecule has 1 aromatic carbocycles. The van der Waals surface area contributed by atoms with Gasteiger partial charge >= 0.3 is 0 Å². The Morgan fingerprint density at radius 2 is 2.00 bits per heavy atom. The second-order valence-electron chi connectivity index (χ2n) is 3.07. The molecule has 0 atom stereocenters. The Hall–Kier alpha value is -1.83. The Balaban J connectivity index is 0.000000606. The van der Waals surface area contributed by atoms with Crippen molar-refractivity contribution in [1.82, 2.24) is 10.2 Å². The number of allylic oxidation sites excluding steroid dienone is 3. The topological polar surface area (TPSA) is 28.7 Å². The molecule has 2 heteroatoms. The van der Waals surface area contributed by atoms with E-state index in [-0.39, 0.29) is 0 Å². The van der Waals surface area contributed by atoms with Crippen LogP contribution in [-0.4, -0.2) is 10.2 Å². The number of hydrogen-bond donors (Lipinski definition) is 1. The Labute approximate surface area is 96.7 Å². The first-order chi connectivity index (χ1) is 7.86. The minimum atomic E-state index is 0.970. The summed E-state index contributed by atoms with van der Waals surface area (Å²) < 4.78 is 0. The van der Waals surface area contributed by atoms with E-state index in [4.69, 9.17) is 0 Å². The van der Waals surface area contributed by atoms with Crippen LogP contribution >= 0.6 is 0 Å². The van der Waals surface area contributed by atoms with Crippen molar-refractivity contribution in [2.45, 2.75) is 20.8 Å². The summed E-state index contributed by atoms with van der Waals surface area (Å²) in [6, 6.07) is 8.08. The monoisotopic (exact) mass is 214 g/mol. The zero-order valence-electron chi connectivity index (χ0n) is 10.1. The van der Waals surface area contributed by atoms with E-state index >= 15 is 0 Å². The molecule has 0 amide bonds. The predicted octanol–water partition coefficient (Wildman–Crippen LogP) is 4.18. The minimum Gasteiger partial charge on any atom is -0.277 e. The summed E-state index contributed by atoms with van der Waals surface area (Å²) in [5.74, 6) is 0. The molecule has 1 N–H and O–H groups in total. The number of aromatic nitrogens is 2. The van der Waals surface area contributed by atoms with Gasteiger partial charge in [0.15, 0.2) is 0 Å². The van der Waals surface area contributed by atoms with Gasteiger partial charge in [0.05, 0.1) is 11.2 Å². The van der Waals surface area contributed by atoms with Crippen LogP contribution in [0.4, 0.5) is 0 Å². The molecule has 1 aromatic heterocycles. The van der Waals surface area contributed by atoms with Crippen molar-refractivity contribution in [3.05, 3.63) is 48.7 Å². The molecular formula is C14H18N2. The van der Waals surface area contributed by atoms with Crippen molar-refractivity contribution >= 4 is 16.5 Å². The van der Waals surface area contributed by atoms with Crippen LogP contribution in [0.1, 0.15) is 26.5 Å². The third-order valence-corrected chi connectivity index (χ3v) is 2.27. The van der Waals surface area contributed by atoms with Gasteiger partial charge in [-0.2, -0.15) is 5.10 Å². The molecule has 2 nitrogen and oxygen atoms in total. The fourth-order valence-electron chi connectivity index (χ4n) is 1.53. The van der Waals surface area contributed by atoms with Crippen molar-refractivity contribution in [3.63, 3.8) is 0 Å². The molecule has 0 saturated carbocycles. The molecule has 84 valence electrons. The summed E-state index contributed by atoms with van der Waals surface area (Å²) >= 11 is 0. The molecule has 2 aromatic rings. The number of hydrogen-bond acceptors (Lipinski definition) is 1. The molecule has 1 heterocycles. The van der Waals surface area contributed by atoms with Gasteiger partial charge in [0, 0.05) is 5.39 Å². The average Bonchev–Trinajstić information content (AvgIpc) is 2.78. The third kappa shape index (κ3) is 2.22. The van der Waals surface area contributed by atoms with Crippen LogP contribution in [0.3, 0.4) is 0 Å². The number of fused-ring (bicyclic) bond motifs is 1. The maximum Gasteiger partial charge on any atom is 0.0995 e. The first-order valence-corrected chi connectivity index (χ1v) is 5.59. The maximum absolute atomic E-state index is 4.27. The van der Waals surface area contributed by atoms with E-state index in [0.717, 1.165) is 22.2 Å². The highest BCUT2D eigenvalue weighted by molar-refractivity contribution is 5.92. The van der Waals surface area contributed by atoms with Gasteiger partial charge in [-0.25, -0.2) is 0 Å². The minimum absolute atomic E-state index is 0.970. The number of benzene rings is 1. The van der Waals surface area contributed by atoms with Crippen molar-refractivity contribution < 1.29 is 0 Å². The van der Waals surface area contributed by atoms with Crippen LogP contribution < -0.4 is 0 Å². The summed E-state index contributed by atoms with van der Waals surface area (Å²) in [5.41, 5.74) is 3.09. The van der Waals surface area contributed by atoms with E-state index in [2.05, 4.69) is 22.8 Å². The predicted molar refractivity (Wildman–Crippen MR) is 71.3 cm³/mol. The van der Waals surface area contributed by atoms with E-state index in [1.54, 1.807) is 0 Å². The lowest BCUT2D eigenvalue weighted by atomic mass is 10.1. The Bertz CT molecular complexity index is 492. The number of nitrogens with zero attached hydrogens (tertiary/aromatic N) is 1. The SMILES string of the molecule is C=C/C(=C\C)c1n[nH]c2ccccc12.CC. The fourth-order valence-corrected chi connectivity index (χ4v) is 1.53. The number of rotatable bonds is 2. The quantitative estimate of drug-likeness (QED) is 0.746. The molecule has 0 aliphatic carbocycles. The Morgan fingerprint density at radius 3 is 2.62 bits per heavy atom. The molecule has 2 rings (SSSR count). The van der Waals surface area contributed by atoms with Crippen LogP contribution in [-0.2, 0) is 0 Å². The van der Waals surface area contributed by atoms with Gasteiger partial charge in [-0.3, -0.25) is 5.10 Å². The molecule has 16 heavy (non-hydrogen) atoms. The molecule has 0 spiro atoms. The molecule has 0 fully saturated rings. The second kappa shape index (κ2) is 5.91. The van der Waals surface area contributed by atoms with Gasteiger partial charge in [-0.15, -0.1) is 0 Å². The van der Waals surface area contributed by atoms with E-state index < -0.39 is 0 Å². The van der Waals surface area contributed by atoms with Crippen LogP contribution in [0.15, 0.2) is 43.0 Å². The summed E-state index contributed by atoms with van der Waals surface area (Å²) in [6.45, 7) is 9.76. The van der Waals surface area contributed by atoms with E-state index in [1.165, 1.54) is 0 Å². The first kappa shape index (κ1) is 12.2. The lowest BCUT2D eigenvalue weighted by Crippen LogP contribution is -1.80. The maximum atomic E-state index is 4.27. The highest BCUT2D eigenvalue weighted by Crippen LogP contribution is 2.22. The summed E-state index contributed by atoms with van der Waals surface area (Å²) in [7, 11) is 0. The van der Waals surface area contributed by atoms with Crippen LogP contribution in [0.5, 0.6) is 0 Å². The van der Waals surface area contributed by atoms with Crippen LogP contribution in [0.2, 0.25) is 0 Å². The van der Waals surface area contributed by atoms with E-state index in [9.17, 15) is 0 Å². The van der Waals surface area contributed by atoms with Crippen LogP contribution in [0.25, 0.3) is 16.5 Å². The van der Waals surface area contributed by atoms with Gasteiger partial charge in [0.2, 0.25) is 0 Å². The lowest BCUT2D eigenvalue weighted by molar-refractivity contribution is 1.10. The summed E-state index contributed by atoms with van der Waals surface area (Å²) in [4.78, 5) is 0. The normalized spacial score (nSPS) is 10.8. The highest BCUT2D eigenvalue weighted by atomic mass is 15.1. The molecule has 0 aliphatic rings. The van der Waals surface area contributed by atoms with Gasteiger partial charge in [0.25, 0.3) is 0 Å². The van der Waals surface area contributed by atoms with Crippen LogP contribution in [0, 0.1) is 0 Å². The third-order valence-electron chi connectivity index (χ3n) is 2.27. The number of para-hydroxylation sites is 1. The van der Waals surface area contributed by atoms with E-state index in [1.807, 2.05) is 51.1 Å². The fraction of sp³-hybridized carbons (Fsp3) is 0.214. The van der Waals surface area contributed by atoms with Gasteiger partial charge in [-0.1, -0.05) is 50.8 Å². The second-order valence-corrected chi connectivity index (χ2v) is 3.07. The zero-order chi connectivity index (χ0) is 12.0. The van der Waals surface area contributed by atoms with E-state index in [0.29, 0.717) is 0 Å². The molecule has 0 aliphatic heterocycles. The average molecular weight is 214 g/mol. The Morgan fingerprint density at radius 1 is 1.31 bits per heavy atom. The Kier molecular flexibility index (Phi) is 4.52. The van der Waals surface area contributed by atoms with Crippen molar-refractivity contribution in [1.29, 1.82) is 0 Å². The molecule has 0 unspecified atom stereocenters. The number of aromatic amines is 1. The lowest BCUT2D eigenvalue weighted by Gasteiger charge is -1.95.